The minimum atomic E-state index is -0.620. The Bertz CT molecular complexity index is 754. The maximum Gasteiger partial charge on any atom is 0.341 e. The van der Waals surface area contributed by atoms with Crippen molar-refractivity contribution in [3.05, 3.63) is 53.3 Å². The summed E-state index contributed by atoms with van der Waals surface area (Å²) in [4.78, 5) is 15.6. The van der Waals surface area contributed by atoms with Crippen LogP contribution in [-0.2, 0) is 11.3 Å². The maximum absolute atomic E-state index is 11.8. The third kappa shape index (κ3) is 2.92. The van der Waals surface area contributed by atoms with E-state index in [0.29, 0.717) is 5.76 Å². The fraction of sp³-hybridized carbons (Fsp3) is 0.0769. The van der Waals surface area contributed by atoms with E-state index in [9.17, 15) is 4.79 Å². The molecule has 0 atom stereocenters. The van der Waals surface area contributed by atoms with Gasteiger partial charge in [-0.2, -0.15) is 0 Å². The summed E-state index contributed by atoms with van der Waals surface area (Å²) in [5.74, 6) is 0.182. The standard InChI is InChI=1S/C13H8ClN3O4/c14-11-8(3-1-5-15-11)13(18)20-7-10-16-17-12(21-10)9-4-2-6-19-9/h1-6H,7H2. The van der Waals surface area contributed by atoms with Gasteiger partial charge in [-0.3, -0.25) is 0 Å². The van der Waals surface area contributed by atoms with Crippen LogP contribution in [0.2, 0.25) is 5.15 Å². The molecule has 3 aromatic rings. The largest absolute Gasteiger partial charge is 0.459 e. The number of aromatic nitrogens is 3. The minimum absolute atomic E-state index is 0.0734. The molecule has 0 aliphatic rings. The van der Waals surface area contributed by atoms with Crippen molar-refractivity contribution in [1.82, 2.24) is 15.2 Å². The van der Waals surface area contributed by atoms with E-state index in [0.717, 1.165) is 0 Å². The van der Waals surface area contributed by atoms with Gasteiger partial charge in [-0.1, -0.05) is 11.6 Å². The fourth-order valence-electron chi connectivity index (χ4n) is 1.56. The Morgan fingerprint density at radius 1 is 1.29 bits per heavy atom. The second-order valence-corrected chi connectivity index (χ2v) is 4.25. The second kappa shape index (κ2) is 5.76. The first-order valence-corrected chi connectivity index (χ1v) is 6.26. The van der Waals surface area contributed by atoms with Crippen molar-refractivity contribution < 1.29 is 18.4 Å². The zero-order valence-electron chi connectivity index (χ0n) is 10.5. The number of carbonyl (C=O) groups is 1. The van der Waals surface area contributed by atoms with Crippen molar-refractivity contribution in [2.75, 3.05) is 0 Å². The fourth-order valence-corrected chi connectivity index (χ4v) is 1.75. The van der Waals surface area contributed by atoms with Gasteiger partial charge < -0.3 is 13.6 Å². The lowest BCUT2D eigenvalue weighted by Gasteiger charge is -2.02. The predicted molar refractivity (Wildman–Crippen MR) is 70.4 cm³/mol. The van der Waals surface area contributed by atoms with E-state index < -0.39 is 5.97 Å². The molecule has 0 aliphatic heterocycles. The second-order valence-electron chi connectivity index (χ2n) is 3.90. The van der Waals surface area contributed by atoms with Crippen molar-refractivity contribution in [3.63, 3.8) is 0 Å². The van der Waals surface area contributed by atoms with Crippen LogP contribution in [0.25, 0.3) is 11.7 Å². The Hall–Kier alpha value is -2.67. The van der Waals surface area contributed by atoms with Crippen LogP contribution in [0.3, 0.4) is 0 Å². The SMILES string of the molecule is O=C(OCc1nnc(-c2ccco2)o1)c1cccnc1Cl. The number of halogens is 1. The Kier molecular flexibility index (Phi) is 3.65. The van der Waals surface area contributed by atoms with E-state index in [2.05, 4.69) is 15.2 Å². The van der Waals surface area contributed by atoms with Gasteiger partial charge in [0.05, 0.1) is 11.8 Å². The normalized spacial score (nSPS) is 10.5. The first kappa shape index (κ1) is 13.3. The summed E-state index contributed by atoms with van der Waals surface area (Å²) in [5.41, 5.74) is 0.171. The van der Waals surface area contributed by atoms with Crippen LogP contribution < -0.4 is 0 Å². The van der Waals surface area contributed by atoms with Crippen LogP contribution in [0.15, 0.2) is 45.6 Å². The molecule has 3 heterocycles. The Labute approximate surface area is 123 Å². The quantitative estimate of drug-likeness (QED) is 0.540. The number of carbonyl (C=O) groups excluding carboxylic acids is 1. The lowest BCUT2D eigenvalue weighted by atomic mass is 10.3. The van der Waals surface area contributed by atoms with Crippen molar-refractivity contribution in [1.29, 1.82) is 0 Å². The lowest BCUT2D eigenvalue weighted by Crippen LogP contribution is -2.06. The molecule has 0 spiro atoms. The molecular weight excluding hydrogens is 298 g/mol. The Morgan fingerprint density at radius 2 is 2.19 bits per heavy atom. The molecule has 0 saturated heterocycles. The third-order valence-electron chi connectivity index (χ3n) is 2.50. The number of pyridine rings is 1. The topological polar surface area (TPSA) is 91.2 Å². The number of nitrogens with zero attached hydrogens (tertiary/aromatic N) is 3. The van der Waals surface area contributed by atoms with Gasteiger partial charge >= 0.3 is 5.97 Å². The molecule has 0 bridgehead atoms. The van der Waals surface area contributed by atoms with Gasteiger partial charge in [-0.15, -0.1) is 10.2 Å². The minimum Gasteiger partial charge on any atom is -0.459 e. The van der Waals surface area contributed by atoms with Crippen LogP contribution in [0, 0.1) is 0 Å². The van der Waals surface area contributed by atoms with Crippen LogP contribution in [0.1, 0.15) is 16.2 Å². The molecule has 3 rings (SSSR count). The monoisotopic (exact) mass is 305 g/mol. The maximum atomic E-state index is 11.8. The van der Waals surface area contributed by atoms with Gasteiger partial charge in [0.1, 0.15) is 5.15 Å². The lowest BCUT2D eigenvalue weighted by molar-refractivity contribution is 0.0438. The van der Waals surface area contributed by atoms with Crippen LogP contribution in [0.4, 0.5) is 0 Å². The summed E-state index contributed by atoms with van der Waals surface area (Å²) < 4.78 is 15.5. The number of esters is 1. The number of rotatable bonds is 4. The molecule has 0 N–H and O–H groups in total. The molecule has 0 amide bonds. The zero-order valence-corrected chi connectivity index (χ0v) is 11.3. The highest BCUT2D eigenvalue weighted by molar-refractivity contribution is 6.32. The highest BCUT2D eigenvalue weighted by atomic mass is 35.5. The average Bonchev–Trinajstić information content (AvgIpc) is 3.16. The van der Waals surface area contributed by atoms with Crippen molar-refractivity contribution >= 4 is 17.6 Å². The molecule has 0 fully saturated rings. The average molecular weight is 306 g/mol. The van der Waals surface area contributed by atoms with Gasteiger partial charge in [-0.25, -0.2) is 9.78 Å². The summed E-state index contributed by atoms with van der Waals surface area (Å²) in [6.07, 6.45) is 2.97. The van der Waals surface area contributed by atoms with E-state index in [1.165, 1.54) is 18.5 Å². The third-order valence-corrected chi connectivity index (χ3v) is 2.81. The number of furan rings is 1. The summed E-state index contributed by atoms with van der Waals surface area (Å²) in [6, 6.07) is 6.48. The Morgan fingerprint density at radius 3 is 2.95 bits per heavy atom. The summed E-state index contributed by atoms with van der Waals surface area (Å²) in [7, 11) is 0. The van der Waals surface area contributed by atoms with E-state index in [1.807, 2.05) is 0 Å². The van der Waals surface area contributed by atoms with E-state index in [4.69, 9.17) is 25.2 Å². The van der Waals surface area contributed by atoms with Crippen molar-refractivity contribution in [2.24, 2.45) is 0 Å². The van der Waals surface area contributed by atoms with E-state index >= 15 is 0 Å². The van der Waals surface area contributed by atoms with Gasteiger partial charge in [-0.05, 0) is 24.3 Å². The van der Waals surface area contributed by atoms with Gasteiger partial charge in [0.25, 0.3) is 11.8 Å². The summed E-state index contributed by atoms with van der Waals surface area (Å²) in [6.45, 7) is -0.169. The van der Waals surface area contributed by atoms with Gasteiger partial charge in [0.15, 0.2) is 12.4 Å². The highest BCUT2D eigenvalue weighted by Crippen LogP contribution is 2.18. The zero-order chi connectivity index (χ0) is 14.7. The predicted octanol–water partition coefficient (Wildman–Crippen LogP) is 2.74. The smallest absolute Gasteiger partial charge is 0.341 e. The molecule has 0 aliphatic carbocycles. The first-order valence-electron chi connectivity index (χ1n) is 5.88. The van der Waals surface area contributed by atoms with Gasteiger partial charge in [0, 0.05) is 6.20 Å². The summed E-state index contributed by atoms with van der Waals surface area (Å²) >= 11 is 5.80. The molecule has 0 aromatic carbocycles. The van der Waals surface area contributed by atoms with Crippen molar-refractivity contribution in [3.8, 4) is 11.7 Å². The molecule has 0 saturated carbocycles. The van der Waals surface area contributed by atoms with E-state index in [-0.39, 0.29) is 29.1 Å². The molecule has 0 radical (unpaired) electrons. The Balaban J connectivity index is 1.66. The summed E-state index contributed by atoms with van der Waals surface area (Å²) in [5, 5.41) is 7.62. The molecule has 7 nitrogen and oxygen atoms in total. The van der Waals surface area contributed by atoms with E-state index in [1.54, 1.807) is 18.2 Å². The molecule has 106 valence electrons. The first-order chi connectivity index (χ1) is 10.2. The van der Waals surface area contributed by atoms with Crippen LogP contribution in [-0.4, -0.2) is 21.2 Å². The molecule has 21 heavy (non-hydrogen) atoms. The molecule has 8 heteroatoms. The van der Waals surface area contributed by atoms with Crippen LogP contribution >= 0.6 is 11.6 Å². The number of hydrogen-bond acceptors (Lipinski definition) is 7. The molecule has 3 aromatic heterocycles. The molecule has 0 unspecified atom stereocenters. The number of hydrogen-bond donors (Lipinski definition) is 0. The van der Waals surface area contributed by atoms with Crippen LogP contribution in [0.5, 0.6) is 0 Å². The van der Waals surface area contributed by atoms with Gasteiger partial charge in [0.2, 0.25) is 0 Å². The molecular formula is C13H8ClN3O4. The highest BCUT2D eigenvalue weighted by Gasteiger charge is 2.15. The number of ether oxygens (including phenoxy) is 1. The van der Waals surface area contributed by atoms with Crippen molar-refractivity contribution in [2.45, 2.75) is 6.61 Å².